The Labute approximate surface area is 325 Å². The van der Waals surface area contributed by atoms with Gasteiger partial charge in [-0.1, -0.05) is 161 Å². The van der Waals surface area contributed by atoms with Crippen molar-refractivity contribution in [2.24, 2.45) is 4.99 Å². The molecule has 54 heavy (non-hydrogen) atoms. The molecule has 1 aliphatic rings. The van der Waals surface area contributed by atoms with Crippen LogP contribution in [0.15, 0.2) is 172 Å². The molecule has 0 spiro atoms. The van der Waals surface area contributed by atoms with Crippen LogP contribution in [0.1, 0.15) is 64.8 Å². The molecule has 0 atom stereocenters. The van der Waals surface area contributed by atoms with E-state index in [4.69, 9.17) is 9.41 Å². The number of rotatable bonds is 7. The van der Waals surface area contributed by atoms with Crippen molar-refractivity contribution in [3.8, 4) is 22.3 Å². The van der Waals surface area contributed by atoms with Crippen LogP contribution in [0.2, 0.25) is 0 Å². The van der Waals surface area contributed by atoms with E-state index >= 15 is 0 Å². The molecule has 0 aliphatic heterocycles. The summed E-state index contributed by atoms with van der Waals surface area (Å²) in [4.78, 5) is 5.20. The minimum Gasteiger partial charge on any atom is -0.456 e. The summed E-state index contributed by atoms with van der Waals surface area (Å²) in [7, 11) is 0. The maximum Gasteiger partial charge on any atom is 0.136 e. The van der Waals surface area contributed by atoms with Gasteiger partial charge in [-0.05, 0) is 102 Å². The second-order valence-corrected chi connectivity index (χ2v) is 15.3. The van der Waals surface area contributed by atoms with Gasteiger partial charge in [0, 0.05) is 32.1 Å². The molecule has 1 aromatic heterocycles. The van der Waals surface area contributed by atoms with Crippen LogP contribution in [0, 0.1) is 13.8 Å². The highest BCUT2D eigenvalue weighted by Crippen LogP contribution is 2.58. The van der Waals surface area contributed by atoms with Gasteiger partial charge in [-0.15, -0.1) is 0 Å². The van der Waals surface area contributed by atoms with Gasteiger partial charge in [-0.2, -0.15) is 0 Å². The first kappa shape index (κ1) is 34.0. The average molecular weight is 763 g/mol. The van der Waals surface area contributed by atoms with Crippen LogP contribution in [0.25, 0.3) is 49.9 Å². The smallest absolute Gasteiger partial charge is 0.136 e. The second-order valence-electron chi connectivity index (χ2n) is 14.5. The Bertz CT molecular complexity index is 2720. The van der Waals surface area contributed by atoms with Crippen LogP contribution in [0.5, 0.6) is 0 Å². The molecule has 0 radical (unpaired) electrons. The van der Waals surface area contributed by atoms with E-state index in [1.165, 1.54) is 44.5 Å². The Hall–Kier alpha value is -5.77. The number of fused-ring (bicyclic) bond motifs is 6. The number of aryl methyl sites for hydroxylation is 2. The van der Waals surface area contributed by atoms with Crippen LogP contribution < -0.4 is 0 Å². The largest absolute Gasteiger partial charge is 0.456 e. The number of halogens is 1. The Balaban J connectivity index is 1.24. The van der Waals surface area contributed by atoms with Gasteiger partial charge in [0.25, 0.3) is 0 Å². The molecule has 0 bridgehead atoms. The lowest BCUT2D eigenvalue weighted by atomic mass is 9.67. The van der Waals surface area contributed by atoms with Gasteiger partial charge >= 0.3 is 0 Å². The summed E-state index contributed by atoms with van der Waals surface area (Å²) in [6.45, 7) is 8.56. The van der Waals surface area contributed by atoms with Crippen LogP contribution >= 0.6 is 15.9 Å². The maximum absolute atomic E-state index is 6.50. The lowest BCUT2D eigenvalue weighted by molar-refractivity contribution is 0.669. The van der Waals surface area contributed by atoms with E-state index < -0.39 is 5.41 Å². The van der Waals surface area contributed by atoms with Crippen molar-refractivity contribution in [3.63, 3.8) is 0 Å². The van der Waals surface area contributed by atoms with E-state index in [1.807, 2.05) is 6.07 Å². The van der Waals surface area contributed by atoms with E-state index in [0.717, 1.165) is 66.5 Å². The second kappa shape index (κ2) is 13.6. The van der Waals surface area contributed by atoms with Crippen LogP contribution in [-0.4, -0.2) is 5.71 Å². The molecular formula is C51H40BrNO. The summed E-state index contributed by atoms with van der Waals surface area (Å²) < 4.78 is 7.60. The standard InChI is InChI=1S/C51H40BrNO/c1-5-11-46(53-34(4)35-12-7-6-8-13-35)40-14-9-17-48-49(40)42-31-37(23-29-47(42)54-48)36-22-28-43-41(30-36)50-44(15-10-16-45(50)52)51(43,38-24-18-32(2)19-25-38)39-26-20-33(3)21-27-39/h6-31H,5H2,1-4H3/b46-11+,53-34?. The number of hydrogen-bond acceptors (Lipinski definition) is 2. The molecule has 1 aliphatic carbocycles. The first-order chi connectivity index (χ1) is 26.4. The Morgan fingerprint density at radius 3 is 2.04 bits per heavy atom. The van der Waals surface area contributed by atoms with E-state index in [1.54, 1.807) is 0 Å². The van der Waals surface area contributed by atoms with Crippen LogP contribution in [-0.2, 0) is 5.41 Å². The lowest BCUT2D eigenvalue weighted by Crippen LogP contribution is -2.28. The van der Waals surface area contributed by atoms with Crippen LogP contribution in [0.3, 0.4) is 0 Å². The summed E-state index contributed by atoms with van der Waals surface area (Å²) >= 11 is 4.01. The SMILES string of the molecule is CC/C=C(/N=C(C)c1ccccc1)c1cccc2oc3ccc(-c4ccc5c(c4)-c4c(Br)cccc4C5(c4ccc(C)cc4)c4ccc(C)cc4)cc3c12. The zero-order valence-corrected chi connectivity index (χ0v) is 32.5. The van der Waals surface area contributed by atoms with Crippen molar-refractivity contribution in [3.05, 3.63) is 207 Å². The molecule has 0 saturated carbocycles. The fraction of sp³-hybridized carbons (Fsp3) is 0.118. The van der Waals surface area contributed by atoms with E-state index in [-0.39, 0.29) is 0 Å². The predicted octanol–water partition coefficient (Wildman–Crippen LogP) is 14.3. The van der Waals surface area contributed by atoms with Crippen molar-refractivity contribution >= 4 is 49.3 Å². The molecule has 262 valence electrons. The topological polar surface area (TPSA) is 25.5 Å². The number of furan rings is 1. The summed E-state index contributed by atoms with van der Waals surface area (Å²) in [6.07, 6.45) is 3.09. The zero-order chi connectivity index (χ0) is 37.0. The highest BCUT2D eigenvalue weighted by molar-refractivity contribution is 9.10. The van der Waals surface area contributed by atoms with Gasteiger partial charge in [0.2, 0.25) is 0 Å². The third kappa shape index (κ3) is 5.49. The van der Waals surface area contributed by atoms with Crippen molar-refractivity contribution in [1.29, 1.82) is 0 Å². The first-order valence-corrected chi connectivity index (χ1v) is 19.5. The number of nitrogens with zero attached hydrogens (tertiary/aromatic N) is 1. The van der Waals surface area contributed by atoms with Gasteiger partial charge in [0.05, 0.1) is 11.1 Å². The van der Waals surface area contributed by atoms with Crippen molar-refractivity contribution in [2.45, 2.75) is 39.5 Å². The quantitative estimate of drug-likeness (QED) is 0.148. The Kier molecular flexibility index (Phi) is 8.55. The third-order valence-electron chi connectivity index (χ3n) is 11.1. The van der Waals surface area contributed by atoms with Gasteiger partial charge in [-0.3, -0.25) is 4.99 Å². The zero-order valence-electron chi connectivity index (χ0n) is 31.0. The normalized spacial score (nSPS) is 13.7. The molecule has 0 amide bonds. The molecular weight excluding hydrogens is 722 g/mol. The van der Waals surface area contributed by atoms with E-state index in [9.17, 15) is 0 Å². The Morgan fingerprint density at radius 1 is 0.667 bits per heavy atom. The highest BCUT2D eigenvalue weighted by Gasteiger charge is 2.46. The number of benzene rings is 7. The molecule has 7 aromatic carbocycles. The van der Waals surface area contributed by atoms with E-state index in [2.05, 4.69) is 195 Å². The molecule has 0 fully saturated rings. The van der Waals surface area contributed by atoms with Gasteiger partial charge in [0.1, 0.15) is 11.2 Å². The Morgan fingerprint density at radius 2 is 1.33 bits per heavy atom. The number of aliphatic imine (C=N–C) groups is 1. The summed E-state index contributed by atoms with van der Waals surface area (Å²) in [5.74, 6) is 0. The van der Waals surface area contributed by atoms with Crippen molar-refractivity contribution in [2.75, 3.05) is 0 Å². The molecule has 2 nitrogen and oxygen atoms in total. The molecule has 1 heterocycles. The number of hydrogen-bond donors (Lipinski definition) is 0. The average Bonchev–Trinajstić information content (AvgIpc) is 3.72. The van der Waals surface area contributed by atoms with Crippen molar-refractivity contribution < 1.29 is 4.42 Å². The van der Waals surface area contributed by atoms with E-state index in [0.29, 0.717) is 0 Å². The van der Waals surface area contributed by atoms with Gasteiger partial charge in [-0.25, -0.2) is 0 Å². The van der Waals surface area contributed by atoms with Crippen molar-refractivity contribution in [1.82, 2.24) is 0 Å². The third-order valence-corrected chi connectivity index (χ3v) is 11.7. The summed E-state index contributed by atoms with van der Waals surface area (Å²) in [5, 5.41) is 2.18. The van der Waals surface area contributed by atoms with Gasteiger partial charge < -0.3 is 4.42 Å². The maximum atomic E-state index is 6.50. The van der Waals surface area contributed by atoms with Crippen LogP contribution in [0.4, 0.5) is 0 Å². The molecule has 0 saturated heterocycles. The molecule has 0 unspecified atom stereocenters. The minimum absolute atomic E-state index is 0.464. The molecule has 3 heteroatoms. The fourth-order valence-electron chi connectivity index (χ4n) is 8.46. The first-order valence-electron chi connectivity index (χ1n) is 18.7. The lowest BCUT2D eigenvalue weighted by Gasteiger charge is -2.34. The predicted molar refractivity (Wildman–Crippen MR) is 231 cm³/mol. The molecule has 9 rings (SSSR count). The molecule has 0 N–H and O–H groups in total. The highest BCUT2D eigenvalue weighted by atomic mass is 79.9. The number of allylic oxidation sites excluding steroid dienone is 1. The summed E-state index contributed by atoms with van der Waals surface area (Å²) in [6, 6.07) is 55.2. The monoisotopic (exact) mass is 761 g/mol. The minimum atomic E-state index is -0.464. The molecule has 8 aromatic rings. The fourth-order valence-corrected chi connectivity index (χ4v) is 9.04. The summed E-state index contributed by atoms with van der Waals surface area (Å²) in [5.41, 5.74) is 17.8. The van der Waals surface area contributed by atoms with Gasteiger partial charge in [0.15, 0.2) is 0 Å².